The second kappa shape index (κ2) is 7.36. The number of rotatable bonds is 7. The molecule has 2 rings (SSSR count). The van der Waals surface area contributed by atoms with Crippen LogP contribution < -0.4 is 10.5 Å². The van der Waals surface area contributed by atoms with Gasteiger partial charge in [-0.3, -0.25) is 0 Å². The van der Waals surface area contributed by atoms with Gasteiger partial charge in [-0.15, -0.1) is 0 Å². The topological polar surface area (TPSA) is 72.2 Å². The molecule has 112 valence electrons. The van der Waals surface area contributed by atoms with Gasteiger partial charge in [0, 0.05) is 0 Å². The average Bonchev–Trinajstić information content (AvgIpc) is 2.48. The first-order valence-electron chi connectivity index (χ1n) is 6.90. The summed E-state index contributed by atoms with van der Waals surface area (Å²) in [4.78, 5) is 0. The van der Waals surface area contributed by atoms with E-state index in [1.165, 1.54) is 0 Å². The highest BCUT2D eigenvalue weighted by molar-refractivity contribution is 7.89. The second-order valence-electron chi connectivity index (χ2n) is 4.93. The number of hydrogen-bond donors (Lipinski definition) is 2. The van der Waals surface area contributed by atoms with E-state index in [1.807, 2.05) is 36.4 Å². The summed E-state index contributed by atoms with van der Waals surface area (Å²) in [7, 11) is -3.39. The molecule has 21 heavy (non-hydrogen) atoms. The molecule has 0 aliphatic rings. The highest BCUT2D eigenvalue weighted by Crippen LogP contribution is 2.21. The molecule has 0 aliphatic carbocycles. The Bertz CT molecular complexity index is 603. The average molecular weight is 304 g/mol. The van der Waals surface area contributed by atoms with Gasteiger partial charge in [0.15, 0.2) is 0 Å². The molecule has 0 aromatic heterocycles. The van der Waals surface area contributed by atoms with Crippen LogP contribution in [0.25, 0.3) is 0 Å². The lowest BCUT2D eigenvalue weighted by molar-refractivity contribution is 0.577. The fourth-order valence-electron chi connectivity index (χ4n) is 2.24. The molecule has 0 aliphatic heterocycles. The summed E-state index contributed by atoms with van der Waals surface area (Å²) in [6.45, 7) is 0.588. The van der Waals surface area contributed by atoms with E-state index in [0.29, 0.717) is 13.0 Å². The Labute approximate surface area is 126 Å². The van der Waals surface area contributed by atoms with Crippen molar-refractivity contribution in [1.82, 2.24) is 5.32 Å². The first-order chi connectivity index (χ1) is 10.1. The molecule has 0 heterocycles. The minimum absolute atomic E-state index is 0.00367. The molecule has 3 N–H and O–H groups in total. The first-order valence-corrected chi connectivity index (χ1v) is 8.61. The fourth-order valence-corrected chi connectivity index (χ4v) is 2.79. The van der Waals surface area contributed by atoms with Crippen molar-refractivity contribution in [3.63, 3.8) is 0 Å². The maximum Gasteiger partial charge on any atom is 0.209 e. The van der Waals surface area contributed by atoms with E-state index in [2.05, 4.69) is 29.6 Å². The van der Waals surface area contributed by atoms with Gasteiger partial charge in [-0.1, -0.05) is 60.7 Å². The third-order valence-electron chi connectivity index (χ3n) is 3.22. The number of nitrogens with two attached hydrogens (primary N) is 1. The number of primary sulfonamides is 1. The van der Waals surface area contributed by atoms with Crippen LogP contribution in [0.1, 0.15) is 23.6 Å². The van der Waals surface area contributed by atoms with Gasteiger partial charge in [-0.25, -0.2) is 13.6 Å². The van der Waals surface area contributed by atoms with Crippen LogP contribution in [-0.4, -0.2) is 20.7 Å². The van der Waals surface area contributed by atoms with E-state index in [4.69, 9.17) is 5.14 Å². The third-order valence-corrected chi connectivity index (χ3v) is 4.08. The lowest BCUT2D eigenvalue weighted by Gasteiger charge is -2.19. The Hall–Kier alpha value is -1.69. The normalized spacial score (nSPS) is 11.7. The van der Waals surface area contributed by atoms with Crippen LogP contribution in [-0.2, 0) is 10.0 Å². The van der Waals surface area contributed by atoms with Crippen LogP contribution in [0.4, 0.5) is 0 Å². The van der Waals surface area contributed by atoms with Gasteiger partial charge >= 0.3 is 0 Å². The maximum absolute atomic E-state index is 11.0. The molecule has 0 atom stereocenters. The van der Waals surface area contributed by atoms with Crippen molar-refractivity contribution in [3.8, 4) is 0 Å². The molecule has 0 saturated heterocycles. The van der Waals surface area contributed by atoms with Gasteiger partial charge < -0.3 is 5.32 Å². The molecule has 0 fully saturated rings. The zero-order valence-corrected chi connectivity index (χ0v) is 12.6. The summed E-state index contributed by atoms with van der Waals surface area (Å²) in [5, 5.41) is 8.42. The molecule has 0 radical (unpaired) electrons. The van der Waals surface area contributed by atoms with Gasteiger partial charge in [0.1, 0.15) is 0 Å². The Morgan fingerprint density at radius 2 is 1.38 bits per heavy atom. The predicted octanol–water partition coefficient (Wildman–Crippen LogP) is 2.04. The van der Waals surface area contributed by atoms with Gasteiger partial charge in [0.2, 0.25) is 10.0 Å². The van der Waals surface area contributed by atoms with Crippen LogP contribution in [0.2, 0.25) is 0 Å². The lowest BCUT2D eigenvalue weighted by Crippen LogP contribution is -2.26. The summed E-state index contributed by atoms with van der Waals surface area (Å²) in [5.74, 6) is -0.00367. The lowest BCUT2D eigenvalue weighted by atomic mass is 9.99. The number of benzene rings is 2. The van der Waals surface area contributed by atoms with Crippen molar-refractivity contribution >= 4 is 10.0 Å². The summed E-state index contributed by atoms with van der Waals surface area (Å²) in [5.41, 5.74) is 2.30. The second-order valence-corrected chi connectivity index (χ2v) is 6.66. The minimum Gasteiger partial charge on any atom is -0.306 e. The zero-order valence-electron chi connectivity index (χ0n) is 11.8. The molecule has 0 bridgehead atoms. The Balaban J connectivity index is 2.07. The predicted molar refractivity (Wildman–Crippen MR) is 85.3 cm³/mol. The van der Waals surface area contributed by atoms with Gasteiger partial charge in [-0.2, -0.15) is 0 Å². The summed E-state index contributed by atoms with van der Waals surface area (Å²) < 4.78 is 21.9. The van der Waals surface area contributed by atoms with Crippen LogP contribution in [0, 0.1) is 0 Å². The molecular weight excluding hydrogens is 284 g/mol. The van der Waals surface area contributed by atoms with Crippen LogP contribution >= 0.6 is 0 Å². The molecule has 0 saturated carbocycles. The van der Waals surface area contributed by atoms with Crippen molar-refractivity contribution < 1.29 is 8.42 Å². The van der Waals surface area contributed by atoms with Crippen molar-refractivity contribution in [2.24, 2.45) is 5.14 Å². The monoisotopic (exact) mass is 304 g/mol. The van der Waals surface area contributed by atoms with Crippen LogP contribution in [0.5, 0.6) is 0 Å². The Morgan fingerprint density at radius 3 is 1.81 bits per heavy atom. The standard InChI is InChI=1S/C16H20N2O2S/c17-21(19,20)13-7-12-18-16(14-8-3-1-4-9-14)15-10-5-2-6-11-15/h1-6,8-11,16,18H,7,12-13H2,(H2,17,19,20). The molecule has 0 unspecified atom stereocenters. The van der Waals surface area contributed by atoms with Crippen molar-refractivity contribution in [2.45, 2.75) is 12.5 Å². The van der Waals surface area contributed by atoms with Crippen molar-refractivity contribution in [1.29, 1.82) is 0 Å². The number of hydrogen-bond acceptors (Lipinski definition) is 3. The van der Waals surface area contributed by atoms with Crippen molar-refractivity contribution in [3.05, 3.63) is 71.8 Å². The van der Waals surface area contributed by atoms with E-state index in [0.717, 1.165) is 11.1 Å². The molecule has 5 heteroatoms. The highest BCUT2D eigenvalue weighted by atomic mass is 32.2. The third kappa shape index (κ3) is 5.30. The SMILES string of the molecule is NS(=O)(=O)CCCNC(c1ccccc1)c1ccccc1. The molecule has 0 spiro atoms. The molecule has 2 aromatic carbocycles. The number of sulfonamides is 1. The van der Waals surface area contributed by atoms with E-state index in [1.54, 1.807) is 0 Å². The van der Waals surface area contributed by atoms with Gasteiger partial charge in [0.05, 0.1) is 11.8 Å². The van der Waals surface area contributed by atoms with E-state index >= 15 is 0 Å². The van der Waals surface area contributed by atoms with Gasteiger partial charge in [0.25, 0.3) is 0 Å². The molecule has 4 nitrogen and oxygen atoms in total. The first kappa shape index (κ1) is 15.7. The maximum atomic E-state index is 11.0. The van der Waals surface area contributed by atoms with E-state index < -0.39 is 10.0 Å². The molecule has 0 amide bonds. The van der Waals surface area contributed by atoms with Gasteiger partial charge in [-0.05, 0) is 24.1 Å². The largest absolute Gasteiger partial charge is 0.306 e. The summed E-state index contributed by atoms with van der Waals surface area (Å²) >= 11 is 0. The summed E-state index contributed by atoms with van der Waals surface area (Å²) in [6, 6.07) is 20.2. The minimum atomic E-state index is -3.39. The zero-order chi connectivity index (χ0) is 15.1. The quantitative estimate of drug-likeness (QED) is 0.769. The molecule has 2 aromatic rings. The van der Waals surface area contributed by atoms with Crippen LogP contribution in [0.15, 0.2) is 60.7 Å². The Kier molecular flexibility index (Phi) is 5.50. The van der Waals surface area contributed by atoms with Crippen molar-refractivity contribution in [2.75, 3.05) is 12.3 Å². The van der Waals surface area contributed by atoms with Crippen LogP contribution in [0.3, 0.4) is 0 Å². The van der Waals surface area contributed by atoms with E-state index in [-0.39, 0.29) is 11.8 Å². The highest BCUT2D eigenvalue weighted by Gasteiger charge is 2.13. The number of nitrogens with one attached hydrogen (secondary N) is 1. The fraction of sp³-hybridized carbons (Fsp3) is 0.250. The Morgan fingerprint density at radius 1 is 0.905 bits per heavy atom. The summed E-state index contributed by atoms with van der Waals surface area (Å²) in [6.07, 6.45) is 0.495. The smallest absolute Gasteiger partial charge is 0.209 e. The molecular formula is C16H20N2O2S. The van der Waals surface area contributed by atoms with E-state index in [9.17, 15) is 8.42 Å².